The number of nitrogens with one attached hydrogen (secondary N) is 2. The lowest BCUT2D eigenvalue weighted by Gasteiger charge is -2.31. The Hall–Kier alpha value is -3.61. The number of fused-ring (bicyclic) bond motifs is 3. The molecule has 2 aliphatic rings. The summed E-state index contributed by atoms with van der Waals surface area (Å²) in [4.78, 5) is 37.0. The van der Waals surface area contributed by atoms with Crippen LogP contribution >= 0.6 is 0 Å². The van der Waals surface area contributed by atoms with E-state index in [2.05, 4.69) is 34.9 Å². The molecule has 0 spiro atoms. The number of carboxylic acid groups (broad SMARTS) is 1. The van der Waals surface area contributed by atoms with Crippen LogP contribution in [0, 0.1) is 11.3 Å². The molecule has 35 heavy (non-hydrogen) atoms. The minimum absolute atomic E-state index is 0.0288. The molecule has 0 bridgehead atoms. The van der Waals surface area contributed by atoms with E-state index >= 15 is 0 Å². The number of rotatable bonds is 6. The van der Waals surface area contributed by atoms with Crippen LogP contribution in [0.4, 0.5) is 4.79 Å². The maximum absolute atomic E-state index is 12.8. The Labute approximate surface area is 205 Å². The van der Waals surface area contributed by atoms with Gasteiger partial charge >= 0.3 is 12.1 Å². The van der Waals surface area contributed by atoms with E-state index in [9.17, 15) is 19.5 Å². The average molecular weight is 477 g/mol. The first-order chi connectivity index (χ1) is 16.6. The maximum atomic E-state index is 12.8. The zero-order valence-corrected chi connectivity index (χ0v) is 20.3. The van der Waals surface area contributed by atoms with Crippen molar-refractivity contribution in [2.24, 2.45) is 11.3 Å². The van der Waals surface area contributed by atoms with Crippen molar-refractivity contribution in [3.05, 3.63) is 71.8 Å². The molecule has 0 saturated heterocycles. The van der Waals surface area contributed by atoms with Gasteiger partial charge in [-0.25, -0.2) is 9.59 Å². The molecule has 0 aromatic heterocycles. The lowest BCUT2D eigenvalue weighted by Crippen LogP contribution is -2.51. The molecule has 2 aromatic rings. The third-order valence-electron chi connectivity index (χ3n) is 6.74. The summed E-state index contributed by atoms with van der Waals surface area (Å²) >= 11 is 0. The van der Waals surface area contributed by atoms with Crippen LogP contribution in [0.5, 0.6) is 0 Å². The Morgan fingerprint density at radius 2 is 1.63 bits per heavy atom. The van der Waals surface area contributed by atoms with Crippen LogP contribution in [0.15, 0.2) is 60.7 Å². The van der Waals surface area contributed by atoms with Gasteiger partial charge in [0.05, 0.1) is 6.04 Å². The SMILES string of the molecule is CC(C)(C)C(NC(=O)[C@@H]1CC=C[C@@H](NC(=O)OCC2c3ccccc3-c3ccccc32)C1)C(=O)O. The van der Waals surface area contributed by atoms with Gasteiger partial charge in [0.25, 0.3) is 0 Å². The Morgan fingerprint density at radius 3 is 2.20 bits per heavy atom. The molecule has 4 rings (SSSR count). The third-order valence-corrected chi connectivity index (χ3v) is 6.74. The van der Waals surface area contributed by atoms with Gasteiger partial charge in [0.2, 0.25) is 5.91 Å². The minimum Gasteiger partial charge on any atom is -0.480 e. The van der Waals surface area contributed by atoms with Gasteiger partial charge in [-0.2, -0.15) is 0 Å². The van der Waals surface area contributed by atoms with E-state index in [1.807, 2.05) is 36.4 Å². The summed E-state index contributed by atoms with van der Waals surface area (Å²) in [6, 6.07) is 14.9. The van der Waals surface area contributed by atoms with Crippen molar-refractivity contribution in [3.63, 3.8) is 0 Å². The zero-order valence-electron chi connectivity index (χ0n) is 20.3. The topological polar surface area (TPSA) is 105 Å². The summed E-state index contributed by atoms with van der Waals surface area (Å²) in [7, 11) is 0. The molecule has 1 unspecified atom stereocenters. The maximum Gasteiger partial charge on any atom is 0.407 e. The van der Waals surface area contributed by atoms with Gasteiger partial charge in [-0.05, 0) is 40.5 Å². The molecular formula is C28H32N2O5. The first kappa shape index (κ1) is 24.5. The summed E-state index contributed by atoms with van der Waals surface area (Å²) in [6.07, 6.45) is 4.02. The van der Waals surface area contributed by atoms with Gasteiger partial charge in [0.1, 0.15) is 12.6 Å². The number of hydrogen-bond donors (Lipinski definition) is 3. The number of aliphatic carboxylic acids is 1. The van der Waals surface area contributed by atoms with Gasteiger partial charge in [0.15, 0.2) is 0 Å². The molecule has 3 N–H and O–H groups in total. The molecule has 0 radical (unpaired) electrons. The highest BCUT2D eigenvalue weighted by molar-refractivity contribution is 5.86. The van der Waals surface area contributed by atoms with Crippen LogP contribution in [0.1, 0.15) is 50.7 Å². The Kier molecular flexibility index (Phi) is 6.96. The number of carboxylic acids is 1. The van der Waals surface area contributed by atoms with Gasteiger partial charge in [0, 0.05) is 11.8 Å². The van der Waals surface area contributed by atoms with Crippen molar-refractivity contribution in [2.75, 3.05) is 6.61 Å². The molecule has 7 heteroatoms. The van der Waals surface area contributed by atoms with Crippen molar-refractivity contribution in [2.45, 2.75) is 51.6 Å². The van der Waals surface area contributed by atoms with Crippen molar-refractivity contribution in [1.29, 1.82) is 0 Å². The number of carbonyl (C=O) groups excluding carboxylic acids is 2. The fourth-order valence-corrected chi connectivity index (χ4v) is 4.91. The van der Waals surface area contributed by atoms with Crippen LogP contribution in [0.2, 0.25) is 0 Å². The first-order valence-corrected chi connectivity index (χ1v) is 12.0. The first-order valence-electron chi connectivity index (χ1n) is 12.0. The van der Waals surface area contributed by atoms with E-state index in [1.54, 1.807) is 20.8 Å². The Bertz CT molecular complexity index is 1100. The van der Waals surface area contributed by atoms with E-state index in [1.165, 1.54) is 0 Å². The summed E-state index contributed by atoms with van der Waals surface area (Å²) in [5.41, 5.74) is 3.99. The molecule has 0 heterocycles. The van der Waals surface area contributed by atoms with Crippen molar-refractivity contribution in [1.82, 2.24) is 10.6 Å². The number of benzene rings is 2. The Balaban J connectivity index is 1.34. The lowest BCUT2D eigenvalue weighted by molar-refractivity contribution is -0.145. The zero-order chi connectivity index (χ0) is 25.2. The summed E-state index contributed by atoms with van der Waals surface area (Å²) in [6.45, 7) is 5.53. The predicted octanol–water partition coefficient (Wildman–Crippen LogP) is 4.48. The highest BCUT2D eigenvalue weighted by Crippen LogP contribution is 2.44. The van der Waals surface area contributed by atoms with Crippen LogP contribution in [0.3, 0.4) is 0 Å². The molecule has 0 saturated carbocycles. The number of allylic oxidation sites excluding steroid dienone is 1. The molecule has 7 nitrogen and oxygen atoms in total. The number of hydrogen-bond acceptors (Lipinski definition) is 4. The Morgan fingerprint density at radius 1 is 1.03 bits per heavy atom. The second-order valence-corrected chi connectivity index (χ2v) is 10.3. The van der Waals surface area contributed by atoms with Crippen LogP contribution < -0.4 is 10.6 Å². The fraction of sp³-hybridized carbons (Fsp3) is 0.393. The van der Waals surface area contributed by atoms with Crippen LogP contribution in [-0.2, 0) is 14.3 Å². The average Bonchev–Trinajstić information content (AvgIpc) is 3.14. The molecule has 0 aliphatic heterocycles. The molecule has 0 fully saturated rings. The number of alkyl carbamates (subject to hydrolysis) is 1. The summed E-state index contributed by atoms with van der Waals surface area (Å²) in [5.74, 6) is -1.84. The minimum atomic E-state index is -1.06. The fourth-order valence-electron chi connectivity index (χ4n) is 4.91. The molecule has 2 aromatic carbocycles. The van der Waals surface area contributed by atoms with Gasteiger partial charge in [-0.1, -0.05) is 81.5 Å². The molecule has 2 aliphatic carbocycles. The summed E-state index contributed by atoms with van der Waals surface area (Å²) in [5, 5.41) is 15.0. The van der Waals surface area contributed by atoms with E-state index < -0.39 is 29.4 Å². The predicted molar refractivity (Wildman–Crippen MR) is 133 cm³/mol. The number of carbonyl (C=O) groups is 3. The normalized spacial score (nSPS) is 19.9. The van der Waals surface area contributed by atoms with E-state index in [0.717, 1.165) is 22.3 Å². The molecule has 184 valence electrons. The van der Waals surface area contributed by atoms with Crippen LogP contribution in [0.25, 0.3) is 11.1 Å². The second-order valence-electron chi connectivity index (χ2n) is 10.3. The van der Waals surface area contributed by atoms with E-state index in [4.69, 9.17) is 4.74 Å². The number of amides is 2. The summed E-state index contributed by atoms with van der Waals surface area (Å²) < 4.78 is 5.62. The molecule has 2 amide bonds. The van der Waals surface area contributed by atoms with E-state index in [-0.39, 0.29) is 24.5 Å². The third kappa shape index (κ3) is 5.39. The van der Waals surface area contributed by atoms with Crippen LogP contribution in [-0.4, -0.2) is 41.8 Å². The highest BCUT2D eigenvalue weighted by Gasteiger charge is 2.35. The van der Waals surface area contributed by atoms with Gasteiger partial charge in [-0.3, -0.25) is 4.79 Å². The second kappa shape index (κ2) is 9.94. The van der Waals surface area contributed by atoms with Gasteiger partial charge in [-0.15, -0.1) is 0 Å². The number of ether oxygens (including phenoxy) is 1. The quantitative estimate of drug-likeness (QED) is 0.534. The molecular weight excluding hydrogens is 444 g/mol. The smallest absolute Gasteiger partial charge is 0.407 e. The van der Waals surface area contributed by atoms with Gasteiger partial charge < -0.3 is 20.5 Å². The standard InChI is InChI=1S/C28H32N2O5/c1-28(2,3)24(26(32)33)30-25(31)17-9-8-10-18(15-17)29-27(34)35-16-23-21-13-6-4-11-19(21)20-12-5-7-14-22(20)23/h4-8,10-14,17-18,23-24H,9,15-16H2,1-3H3,(H,29,34)(H,30,31)(H,32,33)/t17-,18-,24?/m1/s1. The van der Waals surface area contributed by atoms with Crippen molar-refractivity contribution in [3.8, 4) is 11.1 Å². The lowest BCUT2D eigenvalue weighted by atomic mass is 9.85. The molecule has 3 atom stereocenters. The highest BCUT2D eigenvalue weighted by atomic mass is 16.5. The van der Waals surface area contributed by atoms with Crippen molar-refractivity contribution >= 4 is 18.0 Å². The van der Waals surface area contributed by atoms with E-state index in [0.29, 0.717) is 12.8 Å². The monoisotopic (exact) mass is 476 g/mol. The largest absolute Gasteiger partial charge is 0.480 e. The van der Waals surface area contributed by atoms with Crippen molar-refractivity contribution < 1.29 is 24.2 Å².